The number of aromatic nitrogens is 1. The van der Waals surface area contributed by atoms with Crippen LogP contribution in [0.1, 0.15) is 19.5 Å². The maximum atomic E-state index is 4.43. The van der Waals surface area contributed by atoms with E-state index in [1.54, 1.807) is 0 Å². The maximum Gasteiger partial charge on any atom is 0.126 e. The van der Waals surface area contributed by atoms with Crippen LogP contribution in [0.25, 0.3) is 0 Å². The van der Waals surface area contributed by atoms with Crippen molar-refractivity contribution in [3.63, 3.8) is 0 Å². The molecule has 0 spiro atoms. The molecule has 0 bridgehead atoms. The Morgan fingerprint density at radius 2 is 2.00 bits per heavy atom. The smallest absolute Gasteiger partial charge is 0.126 e. The second-order valence-corrected chi connectivity index (χ2v) is 5.42. The van der Waals surface area contributed by atoms with Crippen LogP contribution in [-0.4, -0.2) is 37.1 Å². The standard InChI is InChI=1S/C13H23N3/c1-11-7-6-8-12(15-11)14-9-13(2,3)10-16(4)5/h6-8H,9-10H2,1-5H3,(H,14,15). The molecule has 1 heterocycles. The number of rotatable bonds is 5. The van der Waals surface area contributed by atoms with Gasteiger partial charge >= 0.3 is 0 Å². The number of anilines is 1. The molecule has 0 amide bonds. The monoisotopic (exact) mass is 221 g/mol. The summed E-state index contributed by atoms with van der Waals surface area (Å²) >= 11 is 0. The largest absolute Gasteiger partial charge is 0.369 e. The van der Waals surface area contributed by atoms with E-state index in [1.807, 2.05) is 25.1 Å². The van der Waals surface area contributed by atoms with Crippen LogP contribution >= 0.6 is 0 Å². The molecule has 90 valence electrons. The summed E-state index contributed by atoms with van der Waals surface area (Å²) in [4.78, 5) is 6.64. The summed E-state index contributed by atoms with van der Waals surface area (Å²) in [5, 5.41) is 3.39. The van der Waals surface area contributed by atoms with Gasteiger partial charge in [-0.3, -0.25) is 0 Å². The predicted octanol–water partition coefficient (Wildman–Crippen LogP) is 2.39. The SMILES string of the molecule is Cc1cccc(NCC(C)(C)CN(C)C)n1. The normalized spacial score (nSPS) is 11.9. The van der Waals surface area contributed by atoms with E-state index in [4.69, 9.17) is 0 Å². The van der Waals surface area contributed by atoms with Gasteiger partial charge in [0, 0.05) is 18.8 Å². The number of nitrogens with one attached hydrogen (secondary N) is 1. The summed E-state index contributed by atoms with van der Waals surface area (Å²) in [6.45, 7) is 8.52. The molecule has 1 aromatic heterocycles. The third-order valence-electron chi connectivity index (χ3n) is 2.38. The molecule has 1 N–H and O–H groups in total. The van der Waals surface area contributed by atoms with E-state index in [9.17, 15) is 0 Å². The van der Waals surface area contributed by atoms with Gasteiger partial charge in [-0.1, -0.05) is 19.9 Å². The fourth-order valence-corrected chi connectivity index (χ4v) is 1.88. The Bertz CT molecular complexity index is 332. The van der Waals surface area contributed by atoms with Crippen LogP contribution < -0.4 is 5.32 Å². The third kappa shape index (κ3) is 4.62. The van der Waals surface area contributed by atoms with Crippen molar-refractivity contribution < 1.29 is 0 Å². The van der Waals surface area contributed by atoms with Crippen LogP contribution in [-0.2, 0) is 0 Å². The van der Waals surface area contributed by atoms with Gasteiger partial charge in [0.15, 0.2) is 0 Å². The Hall–Kier alpha value is -1.09. The average molecular weight is 221 g/mol. The first-order valence-electron chi connectivity index (χ1n) is 5.71. The highest BCUT2D eigenvalue weighted by Crippen LogP contribution is 2.16. The Morgan fingerprint density at radius 1 is 1.31 bits per heavy atom. The first-order valence-corrected chi connectivity index (χ1v) is 5.71. The molecular weight excluding hydrogens is 198 g/mol. The Labute approximate surface area is 98.9 Å². The third-order valence-corrected chi connectivity index (χ3v) is 2.38. The molecule has 0 saturated heterocycles. The van der Waals surface area contributed by atoms with E-state index in [1.165, 1.54) is 0 Å². The fourth-order valence-electron chi connectivity index (χ4n) is 1.88. The van der Waals surface area contributed by atoms with Crippen LogP contribution in [0.2, 0.25) is 0 Å². The topological polar surface area (TPSA) is 28.2 Å². The molecule has 0 radical (unpaired) electrons. The molecule has 0 atom stereocenters. The first-order chi connectivity index (χ1) is 7.39. The number of hydrogen-bond acceptors (Lipinski definition) is 3. The lowest BCUT2D eigenvalue weighted by Crippen LogP contribution is -2.34. The Kier molecular flexibility index (Phi) is 4.30. The summed E-state index contributed by atoms with van der Waals surface area (Å²) in [7, 11) is 4.21. The van der Waals surface area contributed by atoms with Crippen molar-refractivity contribution in [1.82, 2.24) is 9.88 Å². The summed E-state index contributed by atoms with van der Waals surface area (Å²) in [5.41, 5.74) is 1.30. The van der Waals surface area contributed by atoms with E-state index in [0.717, 1.165) is 24.6 Å². The zero-order valence-corrected chi connectivity index (χ0v) is 11.0. The van der Waals surface area contributed by atoms with Crippen LogP contribution in [0.15, 0.2) is 18.2 Å². The molecule has 16 heavy (non-hydrogen) atoms. The highest BCUT2D eigenvalue weighted by atomic mass is 15.1. The molecule has 0 unspecified atom stereocenters. The van der Waals surface area contributed by atoms with Gasteiger partial charge in [-0.15, -0.1) is 0 Å². The lowest BCUT2D eigenvalue weighted by atomic mass is 9.93. The van der Waals surface area contributed by atoms with Crippen LogP contribution in [0.5, 0.6) is 0 Å². The molecule has 0 aliphatic heterocycles. The molecule has 0 aliphatic rings. The fraction of sp³-hybridized carbons (Fsp3) is 0.615. The van der Waals surface area contributed by atoms with Gasteiger partial charge in [-0.2, -0.15) is 0 Å². The van der Waals surface area contributed by atoms with Crippen molar-refractivity contribution in [1.29, 1.82) is 0 Å². The molecule has 0 saturated carbocycles. The van der Waals surface area contributed by atoms with E-state index in [-0.39, 0.29) is 5.41 Å². The lowest BCUT2D eigenvalue weighted by Gasteiger charge is -2.28. The molecule has 0 aromatic carbocycles. The number of pyridine rings is 1. The predicted molar refractivity (Wildman–Crippen MR) is 69.8 cm³/mol. The average Bonchev–Trinajstić information content (AvgIpc) is 2.13. The van der Waals surface area contributed by atoms with Gasteiger partial charge in [0.25, 0.3) is 0 Å². The highest BCUT2D eigenvalue weighted by Gasteiger charge is 2.18. The van der Waals surface area contributed by atoms with Crippen molar-refractivity contribution in [3.05, 3.63) is 23.9 Å². The van der Waals surface area contributed by atoms with Crippen LogP contribution in [0.4, 0.5) is 5.82 Å². The highest BCUT2D eigenvalue weighted by molar-refractivity contribution is 5.35. The van der Waals surface area contributed by atoms with Gasteiger partial charge in [-0.25, -0.2) is 4.98 Å². The molecule has 1 rings (SSSR count). The van der Waals surface area contributed by atoms with Crippen LogP contribution in [0, 0.1) is 12.3 Å². The van der Waals surface area contributed by atoms with E-state index in [2.05, 4.69) is 43.1 Å². The van der Waals surface area contributed by atoms with Gasteiger partial charge in [0.2, 0.25) is 0 Å². The zero-order chi connectivity index (χ0) is 12.2. The molecular formula is C13H23N3. The van der Waals surface area contributed by atoms with Gasteiger partial charge in [-0.05, 0) is 38.6 Å². The van der Waals surface area contributed by atoms with E-state index < -0.39 is 0 Å². The van der Waals surface area contributed by atoms with Crippen LogP contribution in [0.3, 0.4) is 0 Å². The Balaban J connectivity index is 2.50. The van der Waals surface area contributed by atoms with Gasteiger partial charge in [0.05, 0.1) is 0 Å². The Morgan fingerprint density at radius 3 is 2.56 bits per heavy atom. The maximum absolute atomic E-state index is 4.43. The summed E-state index contributed by atoms with van der Waals surface area (Å²) in [6.07, 6.45) is 0. The minimum atomic E-state index is 0.245. The molecule has 0 fully saturated rings. The number of hydrogen-bond donors (Lipinski definition) is 1. The summed E-state index contributed by atoms with van der Waals surface area (Å²) in [5.74, 6) is 0.965. The molecule has 3 nitrogen and oxygen atoms in total. The summed E-state index contributed by atoms with van der Waals surface area (Å²) in [6, 6.07) is 6.05. The molecule has 1 aromatic rings. The van der Waals surface area contributed by atoms with Crippen molar-refractivity contribution in [3.8, 4) is 0 Å². The second kappa shape index (κ2) is 5.30. The molecule has 3 heteroatoms. The van der Waals surface area contributed by atoms with Crippen molar-refractivity contribution in [2.45, 2.75) is 20.8 Å². The lowest BCUT2D eigenvalue weighted by molar-refractivity contribution is 0.254. The zero-order valence-electron chi connectivity index (χ0n) is 11.0. The van der Waals surface area contributed by atoms with Gasteiger partial charge < -0.3 is 10.2 Å². The quantitative estimate of drug-likeness (QED) is 0.827. The van der Waals surface area contributed by atoms with Gasteiger partial charge in [0.1, 0.15) is 5.82 Å². The van der Waals surface area contributed by atoms with Crippen molar-refractivity contribution in [2.75, 3.05) is 32.5 Å². The molecule has 0 aliphatic carbocycles. The number of nitrogens with zero attached hydrogens (tertiary/aromatic N) is 2. The minimum Gasteiger partial charge on any atom is -0.369 e. The van der Waals surface area contributed by atoms with E-state index in [0.29, 0.717) is 0 Å². The van der Waals surface area contributed by atoms with E-state index >= 15 is 0 Å². The summed E-state index contributed by atoms with van der Waals surface area (Å²) < 4.78 is 0. The van der Waals surface area contributed by atoms with Crippen molar-refractivity contribution >= 4 is 5.82 Å². The number of aryl methyl sites for hydroxylation is 1. The minimum absolute atomic E-state index is 0.245. The second-order valence-electron chi connectivity index (χ2n) is 5.42. The van der Waals surface area contributed by atoms with Crippen molar-refractivity contribution in [2.24, 2.45) is 5.41 Å². The first kappa shape index (κ1) is 13.0.